The van der Waals surface area contributed by atoms with E-state index >= 15 is 0 Å². The van der Waals surface area contributed by atoms with E-state index in [0.717, 1.165) is 56.0 Å². The first kappa shape index (κ1) is 26.8. The number of fused-ring (bicyclic) bond motifs is 3. The Balaban J connectivity index is 1.68. The van der Waals surface area contributed by atoms with Crippen molar-refractivity contribution in [3.63, 3.8) is 0 Å². The van der Waals surface area contributed by atoms with Crippen LogP contribution in [0, 0.1) is 0 Å². The van der Waals surface area contributed by atoms with Crippen molar-refractivity contribution < 1.29 is 14.2 Å². The van der Waals surface area contributed by atoms with Crippen LogP contribution in [0.25, 0.3) is 11.1 Å². The van der Waals surface area contributed by atoms with E-state index in [0.29, 0.717) is 0 Å². The van der Waals surface area contributed by atoms with Gasteiger partial charge in [-0.3, -0.25) is 0 Å². The minimum absolute atomic E-state index is 0.793. The van der Waals surface area contributed by atoms with E-state index in [2.05, 4.69) is 133 Å². The van der Waals surface area contributed by atoms with Gasteiger partial charge in [0.15, 0.2) is 0 Å². The van der Waals surface area contributed by atoms with Crippen molar-refractivity contribution in [2.75, 3.05) is 14.2 Å². The van der Waals surface area contributed by atoms with E-state index in [-0.39, 0.29) is 0 Å². The maximum Gasteiger partial charge on any atom is 0.146 e. The Labute approximate surface area is 253 Å². The summed E-state index contributed by atoms with van der Waals surface area (Å²) in [6.07, 6.45) is 0. The van der Waals surface area contributed by atoms with Crippen LogP contribution in [-0.2, 0) is 15.9 Å². The fourth-order valence-electron chi connectivity index (χ4n) is 6.58. The van der Waals surface area contributed by atoms with Gasteiger partial charge in [-0.2, -0.15) is 0 Å². The molecular formula is C40H32O3. The van der Waals surface area contributed by atoms with Crippen molar-refractivity contribution >= 4 is 0 Å². The van der Waals surface area contributed by atoms with Gasteiger partial charge in [-0.15, -0.1) is 0 Å². The van der Waals surface area contributed by atoms with Crippen molar-refractivity contribution in [3.05, 3.63) is 191 Å². The zero-order chi connectivity index (χ0) is 29.3. The number of benzene rings is 6. The van der Waals surface area contributed by atoms with Gasteiger partial charge in [-0.1, -0.05) is 133 Å². The highest BCUT2D eigenvalue weighted by atomic mass is 16.5. The second-order valence-corrected chi connectivity index (χ2v) is 10.7. The molecule has 2 atom stereocenters. The molecule has 0 bridgehead atoms. The van der Waals surface area contributed by atoms with Crippen LogP contribution in [0.1, 0.15) is 33.4 Å². The van der Waals surface area contributed by atoms with Gasteiger partial charge in [0.25, 0.3) is 0 Å². The number of hydrogen-bond donors (Lipinski definition) is 0. The smallest absolute Gasteiger partial charge is 0.146 e. The molecule has 3 nitrogen and oxygen atoms in total. The van der Waals surface area contributed by atoms with Crippen LogP contribution in [0.5, 0.6) is 11.5 Å². The molecule has 0 spiro atoms. The molecule has 0 aliphatic carbocycles. The maximum absolute atomic E-state index is 8.05. The first-order valence-electron chi connectivity index (χ1n) is 14.5. The van der Waals surface area contributed by atoms with Gasteiger partial charge in [0.05, 0.1) is 14.2 Å². The molecule has 0 aromatic heterocycles. The van der Waals surface area contributed by atoms with Crippen molar-refractivity contribution in [1.29, 1.82) is 0 Å². The van der Waals surface area contributed by atoms with Crippen LogP contribution < -0.4 is 9.47 Å². The maximum atomic E-state index is 8.05. The molecule has 2 unspecified atom stereocenters. The molecule has 210 valence electrons. The molecule has 1 aliphatic heterocycles. The second kappa shape index (κ2) is 10.9. The van der Waals surface area contributed by atoms with E-state index in [9.17, 15) is 0 Å². The number of ether oxygens (including phenoxy) is 3. The van der Waals surface area contributed by atoms with Crippen molar-refractivity contribution in [2.45, 2.75) is 11.2 Å². The fraction of sp³-hybridized carbons (Fsp3) is 0.100. The van der Waals surface area contributed by atoms with Gasteiger partial charge in [0.2, 0.25) is 0 Å². The average molecular weight is 561 g/mol. The Morgan fingerprint density at radius 2 is 0.698 bits per heavy atom. The standard InChI is InChI=1S/C40H32O3/c1-41-33-25-21-31(22-26-33)39(29-13-5-3-6-14-29)37-19-11-9-17-35(37)36-18-10-12-20-38(36)40(43-39,30-15-7-4-8-16-30)32-23-27-34(42-2)28-24-32/h3-28H,1-2H3. The molecule has 0 N–H and O–H groups in total. The Morgan fingerprint density at radius 1 is 0.372 bits per heavy atom. The summed E-state index contributed by atoms with van der Waals surface area (Å²) >= 11 is 0. The lowest BCUT2D eigenvalue weighted by molar-refractivity contribution is -0.0787. The lowest BCUT2D eigenvalue weighted by Crippen LogP contribution is -2.43. The van der Waals surface area contributed by atoms with E-state index in [1.54, 1.807) is 14.2 Å². The summed E-state index contributed by atoms with van der Waals surface area (Å²) in [5.41, 5.74) is 6.49. The second-order valence-electron chi connectivity index (χ2n) is 10.7. The Kier molecular flexibility index (Phi) is 6.81. The first-order valence-corrected chi connectivity index (χ1v) is 14.5. The molecule has 1 heterocycles. The predicted molar refractivity (Wildman–Crippen MR) is 172 cm³/mol. The van der Waals surface area contributed by atoms with Crippen LogP contribution in [0.3, 0.4) is 0 Å². The molecule has 0 fully saturated rings. The summed E-state index contributed by atoms with van der Waals surface area (Å²) in [5, 5.41) is 0. The van der Waals surface area contributed by atoms with Crippen molar-refractivity contribution in [3.8, 4) is 22.6 Å². The molecule has 0 saturated heterocycles. The molecule has 6 aromatic carbocycles. The van der Waals surface area contributed by atoms with Gasteiger partial charge in [0.1, 0.15) is 22.7 Å². The van der Waals surface area contributed by atoms with Crippen LogP contribution in [0.15, 0.2) is 158 Å². The van der Waals surface area contributed by atoms with Gasteiger partial charge in [0, 0.05) is 11.1 Å². The predicted octanol–water partition coefficient (Wildman–Crippen LogP) is 8.98. The monoisotopic (exact) mass is 560 g/mol. The third kappa shape index (κ3) is 4.24. The Bertz CT molecular complexity index is 1710. The lowest BCUT2D eigenvalue weighted by atomic mass is 9.77. The number of hydrogen-bond acceptors (Lipinski definition) is 3. The molecule has 3 heteroatoms. The highest BCUT2D eigenvalue weighted by Crippen LogP contribution is 2.57. The van der Waals surface area contributed by atoms with E-state index in [1.165, 1.54) is 0 Å². The highest BCUT2D eigenvalue weighted by Gasteiger charge is 2.52. The molecule has 6 aromatic rings. The van der Waals surface area contributed by atoms with Crippen LogP contribution in [-0.4, -0.2) is 14.2 Å². The van der Waals surface area contributed by atoms with Crippen molar-refractivity contribution in [1.82, 2.24) is 0 Å². The molecule has 0 radical (unpaired) electrons. The van der Waals surface area contributed by atoms with Gasteiger partial charge in [-0.05, 0) is 57.6 Å². The Morgan fingerprint density at radius 3 is 1.07 bits per heavy atom. The van der Waals surface area contributed by atoms with Crippen LogP contribution in [0.2, 0.25) is 0 Å². The van der Waals surface area contributed by atoms with E-state index in [4.69, 9.17) is 14.2 Å². The van der Waals surface area contributed by atoms with E-state index in [1.807, 2.05) is 24.3 Å². The topological polar surface area (TPSA) is 27.7 Å². The zero-order valence-corrected chi connectivity index (χ0v) is 24.2. The SMILES string of the molecule is COc1ccc(C2(c3ccccc3)OC(c3ccccc3)(c3ccc(OC)cc3)c3ccccc3-c3ccccc32)cc1. The average Bonchev–Trinajstić information content (AvgIpc) is 3.22. The summed E-state index contributed by atoms with van der Waals surface area (Å²) in [7, 11) is 3.39. The minimum Gasteiger partial charge on any atom is -0.497 e. The molecule has 0 amide bonds. The van der Waals surface area contributed by atoms with E-state index < -0.39 is 11.2 Å². The molecule has 7 rings (SSSR count). The first-order chi connectivity index (χ1) is 21.2. The largest absolute Gasteiger partial charge is 0.497 e. The summed E-state index contributed by atoms with van der Waals surface area (Å²) in [6.45, 7) is 0. The molecule has 1 aliphatic rings. The van der Waals surface area contributed by atoms with Crippen LogP contribution >= 0.6 is 0 Å². The third-order valence-electron chi connectivity index (χ3n) is 8.56. The summed E-state index contributed by atoms with van der Waals surface area (Å²) in [4.78, 5) is 0. The third-order valence-corrected chi connectivity index (χ3v) is 8.56. The molecular weight excluding hydrogens is 528 g/mol. The van der Waals surface area contributed by atoms with Crippen molar-refractivity contribution in [2.24, 2.45) is 0 Å². The summed E-state index contributed by atoms with van der Waals surface area (Å²) in [5.74, 6) is 1.59. The van der Waals surface area contributed by atoms with Gasteiger partial charge < -0.3 is 14.2 Å². The quantitative estimate of drug-likeness (QED) is 0.203. The normalized spacial score (nSPS) is 19.0. The zero-order valence-electron chi connectivity index (χ0n) is 24.2. The Hall–Kier alpha value is -5.12. The van der Waals surface area contributed by atoms with Crippen LogP contribution in [0.4, 0.5) is 0 Å². The summed E-state index contributed by atoms with van der Waals surface area (Å²) < 4.78 is 19.2. The fourth-order valence-corrected chi connectivity index (χ4v) is 6.58. The molecule has 43 heavy (non-hydrogen) atoms. The molecule has 0 saturated carbocycles. The van der Waals surface area contributed by atoms with Gasteiger partial charge in [-0.25, -0.2) is 0 Å². The highest BCUT2D eigenvalue weighted by molar-refractivity contribution is 5.78. The summed E-state index contributed by atoms with van der Waals surface area (Å²) in [6, 6.07) is 55.0. The van der Waals surface area contributed by atoms with Gasteiger partial charge >= 0.3 is 0 Å². The number of methoxy groups -OCH3 is 2. The lowest BCUT2D eigenvalue weighted by Gasteiger charge is -2.45. The number of rotatable bonds is 6. The minimum atomic E-state index is -1.00.